The number of aromatic nitrogens is 2. The molecule has 2 aromatic heterocycles. The lowest BCUT2D eigenvalue weighted by Crippen LogP contribution is -2.10. The molecule has 2 heterocycles. The predicted octanol–water partition coefficient (Wildman–Crippen LogP) is 2.27. The number of nitrogens with one attached hydrogen (secondary N) is 1. The van der Waals surface area contributed by atoms with Crippen LogP contribution in [-0.2, 0) is 4.79 Å². The topological polar surface area (TPSA) is 68.0 Å². The van der Waals surface area contributed by atoms with E-state index in [2.05, 4.69) is 15.5 Å². The van der Waals surface area contributed by atoms with Gasteiger partial charge in [0.2, 0.25) is 5.91 Å². The first kappa shape index (κ1) is 10.6. The Kier molecular flexibility index (Phi) is 2.85. The van der Waals surface area contributed by atoms with E-state index >= 15 is 0 Å². The summed E-state index contributed by atoms with van der Waals surface area (Å²) in [7, 11) is 0. The number of anilines is 1. The summed E-state index contributed by atoms with van der Waals surface area (Å²) in [5.41, 5.74) is 1.94. The van der Waals surface area contributed by atoms with Crippen LogP contribution in [0.3, 0.4) is 0 Å². The minimum atomic E-state index is -0.00208. The minimum absolute atomic E-state index is 0.00208. The van der Waals surface area contributed by atoms with Gasteiger partial charge in [0.05, 0.1) is 23.0 Å². The van der Waals surface area contributed by atoms with Crippen molar-refractivity contribution in [2.75, 3.05) is 5.32 Å². The fourth-order valence-electron chi connectivity index (χ4n) is 1.46. The summed E-state index contributed by atoms with van der Waals surface area (Å²) >= 11 is 0. The Labute approximate surface area is 92.8 Å². The third-order valence-corrected chi connectivity index (χ3v) is 2.27. The molecule has 5 nitrogen and oxygen atoms in total. The lowest BCUT2D eigenvalue weighted by atomic mass is 10.2. The van der Waals surface area contributed by atoms with Crippen molar-refractivity contribution in [1.82, 2.24) is 10.1 Å². The Hall–Kier alpha value is -1.91. The van der Waals surface area contributed by atoms with Gasteiger partial charge in [-0.3, -0.25) is 4.79 Å². The van der Waals surface area contributed by atoms with Crippen LogP contribution >= 0.6 is 0 Å². The first-order chi connectivity index (χ1) is 7.70. The molecule has 16 heavy (non-hydrogen) atoms. The molecule has 1 amide bonds. The van der Waals surface area contributed by atoms with Crippen LogP contribution in [-0.4, -0.2) is 16.0 Å². The number of rotatable bonds is 3. The molecule has 0 bridgehead atoms. The van der Waals surface area contributed by atoms with Crippen molar-refractivity contribution in [3.63, 3.8) is 0 Å². The third-order valence-electron chi connectivity index (χ3n) is 2.27. The van der Waals surface area contributed by atoms with E-state index in [-0.39, 0.29) is 5.91 Å². The number of amides is 1. The third kappa shape index (κ3) is 2.03. The molecule has 0 unspecified atom stereocenters. The summed E-state index contributed by atoms with van der Waals surface area (Å²) in [4.78, 5) is 15.5. The number of hydrogen-bond donors (Lipinski definition) is 1. The molecule has 0 aromatic carbocycles. The van der Waals surface area contributed by atoms with Crippen molar-refractivity contribution in [1.29, 1.82) is 0 Å². The van der Waals surface area contributed by atoms with Crippen LogP contribution in [0.1, 0.15) is 25.5 Å². The molecule has 0 saturated carbocycles. The highest BCUT2D eigenvalue weighted by Gasteiger charge is 2.07. The molecule has 0 spiro atoms. The molecule has 5 heteroatoms. The average molecular weight is 219 g/mol. The number of carbonyl (C=O) groups excluding carboxylic acids is 1. The molecule has 0 atom stereocenters. The van der Waals surface area contributed by atoms with Crippen LogP contribution in [0.2, 0.25) is 0 Å². The van der Waals surface area contributed by atoms with Crippen LogP contribution in [0.25, 0.3) is 11.1 Å². The molecular weight excluding hydrogens is 206 g/mol. The van der Waals surface area contributed by atoms with Gasteiger partial charge in [-0.2, -0.15) is 0 Å². The van der Waals surface area contributed by atoms with Crippen molar-refractivity contribution in [2.24, 2.45) is 0 Å². The lowest BCUT2D eigenvalue weighted by Gasteiger charge is -2.02. The molecule has 1 N–H and O–H groups in total. The fourth-order valence-corrected chi connectivity index (χ4v) is 1.46. The summed E-state index contributed by atoms with van der Waals surface area (Å²) in [6.45, 7) is 3.80. The maximum absolute atomic E-state index is 11.4. The summed E-state index contributed by atoms with van der Waals surface area (Å²) in [5, 5.41) is 7.41. The van der Waals surface area contributed by atoms with Crippen LogP contribution < -0.4 is 5.32 Å². The molecule has 0 aliphatic rings. The second kappa shape index (κ2) is 4.30. The number of nitrogens with zero attached hydrogens (tertiary/aromatic N) is 2. The number of fused-ring (bicyclic) bond motifs is 1. The zero-order valence-corrected chi connectivity index (χ0v) is 9.28. The predicted molar refractivity (Wildman–Crippen MR) is 60.1 cm³/mol. The van der Waals surface area contributed by atoms with Crippen molar-refractivity contribution >= 4 is 22.7 Å². The lowest BCUT2D eigenvalue weighted by molar-refractivity contribution is -0.116. The van der Waals surface area contributed by atoms with Crippen LogP contribution in [0.4, 0.5) is 5.69 Å². The molecule has 0 saturated heterocycles. The first-order valence-electron chi connectivity index (χ1n) is 5.22. The Morgan fingerprint density at radius 1 is 1.56 bits per heavy atom. The first-order valence-corrected chi connectivity index (χ1v) is 5.22. The van der Waals surface area contributed by atoms with Gasteiger partial charge in [0.25, 0.3) is 5.71 Å². The quantitative estimate of drug-likeness (QED) is 0.859. The van der Waals surface area contributed by atoms with Gasteiger partial charge >= 0.3 is 0 Å². The zero-order chi connectivity index (χ0) is 11.5. The SMILES string of the molecule is CCCC(=O)Nc1cnc2onc(C)c2c1. The van der Waals surface area contributed by atoms with Crippen LogP contribution in [0.5, 0.6) is 0 Å². The monoisotopic (exact) mass is 219 g/mol. The van der Waals surface area contributed by atoms with Crippen LogP contribution in [0.15, 0.2) is 16.8 Å². The van der Waals surface area contributed by atoms with E-state index in [0.29, 0.717) is 17.8 Å². The maximum Gasteiger partial charge on any atom is 0.258 e. The molecular formula is C11H13N3O2. The van der Waals surface area contributed by atoms with E-state index in [9.17, 15) is 4.79 Å². The average Bonchev–Trinajstić information content (AvgIpc) is 2.61. The summed E-state index contributed by atoms with van der Waals surface area (Å²) in [5.74, 6) is -0.00208. The van der Waals surface area contributed by atoms with Gasteiger partial charge in [-0.1, -0.05) is 12.1 Å². The van der Waals surface area contributed by atoms with Gasteiger partial charge in [0, 0.05) is 6.42 Å². The minimum Gasteiger partial charge on any atom is -0.336 e. The smallest absolute Gasteiger partial charge is 0.258 e. The van der Waals surface area contributed by atoms with E-state index in [1.165, 1.54) is 0 Å². The number of aryl methyl sites for hydroxylation is 1. The summed E-state index contributed by atoms with van der Waals surface area (Å²) in [6.07, 6.45) is 2.91. The standard InChI is InChI=1S/C11H13N3O2/c1-3-4-10(15)13-8-5-9-7(2)14-16-11(9)12-6-8/h5-6H,3-4H2,1-2H3,(H,13,15). The van der Waals surface area contributed by atoms with E-state index in [4.69, 9.17) is 4.52 Å². The Bertz CT molecular complexity index is 519. The Morgan fingerprint density at radius 2 is 2.38 bits per heavy atom. The number of hydrogen-bond acceptors (Lipinski definition) is 4. The van der Waals surface area contributed by atoms with E-state index < -0.39 is 0 Å². The van der Waals surface area contributed by atoms with Crippen molar-refractivity contribution in [3.8, 4) is 0 Å². The summed E-state index contributed by atoms with van der Waals surface area (Å²) in [6, 6.07) is 1.82. The van der Waals surface area contributed by atoms with Gasteiger partial charge in [-0.15, -0.1) is 0 Å². The highest BCUT2D eigenvalue weighted by molar-refractivity contribution is 5.92. The molecule has 0 aliphatic heterocycles. The highest BCUT2D eigenvalue weighted by atomic mass is 16.5. The normalized spacial score (nSPS) is 10.6. The molecule has 84 valence electrons. The van der Waals surface area contributed by atoms with Gasteiger partial charge in [-0.25, -0.2) is 4.98 Å². The number of pyridine rings is 1. The van der Waals surface area contributed by atoms with Gasteiger partial charge in [0.15, 0.2) is 0 Å². The van der Waals surface area contributed by atoms with E-state index in [1.54, 1.807) is 6.20 Å². The van der Waals surface area contributed by atoms with E-state index in [0.717, 1.165) is 17.5 Å². The molecule has 0 radical (unpaired) electrons. The largest absolute Gasteiger partial charge is 0.336 e. The summed E-state index contributed by atoms with van der Waals surface area (Å²) < 4.78 is 4.98. The zero-order valence-electron chi connectivity index (χ0n) is 9.28. The highest BCUT2D eigenvalue weighted by Crippen LogP contribution is 2.19. The molecule has 0 aliphatic carbocycles. The number of carbonyl (C=O) groups is 1. The fraction of sp³-hybridized carbons (Fsp3) is 0.364. The molecule has 0 fully saturated rings. The molecule has 2 rings (SSSR count). The molecule has 2 aromatic rings. The second-order valence-corrected chi connectivity index (χ2v) is 3.64. The van der Waals surface area contributed by atoms with E-state index in [1.807, 2.05) is 19.9 Å². The van der Waals surface area contributed by atoms with Crippen molar-refractivity contribution in [2.45, 2.75) is 26.7 Å². The van der Waals surface area contributed by atoms with Crippen molar-refractivity contribution in [3.05, 3.63) is 18.0 Å². The Balaban J connectivity index is 2.25. The van der Waals surface area contributed by atoms with Gasteiger partial charge in [-0.05, 0) is 19.4 Å². The second-order valence-electron chi connectivity index (χ2n) is 3.64. The maximum atomic E-state index is 11.4. The van der Waals surface area contributed by atoms with Crippen molar-refractivity contribution < 1.29 is 9.32 Å². The van der Waals surface area contributed by atoms with Gasteiger partial charge < -0.3 is 9.84 Å². The Morgan fingerprint density at radius 3 is 3.12 bits per heavy atom. The van der Waals surface area contributed by atoms with Crippen LogP contribution in [0, 0.1) is 6.92 Å². The van der Waals surface area contributed by atoms with Gasteiger partial charge in [0.1, 0.15) is 0 Å².